The minimum atomic E-state index is -3.86. The summed E-state index contributed by atoms with van der Waals surface area (Å²) < 4.78 is 30.7. The first-order valence-electron chi connectivity index (χ1n) is 5.35. The Morgan fingerprint density at radius 1 is 1.00 bits per heavy atom. The van der Waals surface area contributed by atoms with Gasteiger partial charge in [0.1, 0.15) is 10.6 Å². The fourth-order valence-electron chi connectivity index (χ4n) is 1.47. The molecule has 0 aromatic heterocycles. The number of benzene rings is 2. The van der Waals surface area contributed by atoms with Gasteiger partial charge in [-0.25, -0.2) is 0 Å². The second-order valence-corrected chi connectivity index (χ2v) is 7.11. The monoisotopic (exact) mass is 404 g/mol. The van der Waals surface area contributed by atoms with Gasteiger partial charge in [-0.15, -0.1) is 0 Å². The van der Waals surface area contributed by atoms with Gasteiger partial charge in [0.2, 0.25) is 0 Å². The molecule has 0 saturated heterocycles. The summed E-state index contributed by atoms with van der Waals surface area (Å²) in [6, 6.07) is 11.7. The summed E-state index contributed by atoms with van der Waals surface area (Å²) in [7, 11) is -3.86. The van der Waals surface area contributed by atoms with Gasteiger partial charge in [-0.1, -0.05) is 34.1 Å². The Balaban J connectivity index is 2.43. The first-order chi connectivity index (χ1) is 8.90. The van der Waals surface area contributed by atoms with Gasteiger partial charge >= 0.3 is 10.1 Å². The van der Waals surface area contributed by atoms with Crippen molar-refractivity contribution in [3.05, 3.63) is 57.0 Å². The molecule has 2 aromatic rings. The molecule has 0 radical (unpaired) electrons. The molecule has 0 N–H and O–H groups in total. The number of aryl methyl sites for hydroxylation is 1. The summed E-state index contributed by atoms with van der Waals surface area (Å²) in [5.74, 6) is 0.283. The molecular weight excluding hydrogens is 396 g/mol. The topological polar surface area (TPSA) is 43.4 Å². The second kappa shape index (κ2) is 5.64. The summed E-state index contributed by atoms with van der Waals surface area (Å²) in [5.41, 5.74) is 0.936. The Bertz CT molecular complexity index is 697. The van der Waals surface area contributed by atoms with Crippen molar-refractivity contribution in [2.75, 3.05) is 0 Å². The number of hydrogen-bond acceptors (Lipinski definition) is 3. The lowest BCUT2D eigenvalue weighted by Gasteiger charge is -2.10. The van der Waals surface area contributed by atoms with E-state index < -0.39 is 10.1 Å². The van der Waals surface area contributed by atoms with Crippen molar-refractivity contribution in [2.45, 2.75) is 11.8 Å². The van der Waals surface area contributed by atoms with E-state index >= 15 is 0 Å². The van der Waals surface area contributed by atoms with Gasteiger partial charge < -0.3 is 4.18 Å². The fourth-order valence-corrected chi connectivity index (χ4v) is 4.03. The zero-order valence-corrected chi connectivity index (χ0v) is 13.9. The van der Waals surface area contributed by atoms with Crippen molar-refractivity contribution in [3.8, 4) is 5.75 Å². The van der Waals surface area contributed by atoms with Gasteiger partial charge in [0, 0.05) is 8.95 Å². The molecule has 0 unspecified atom stereocenters. The van der Waals surface area contributed by atoms with Crippen molar-refractivity contribution in [1.82, 2.24) is 0 Å². The van der Waals surface area contributed by atoms with Crippen molar-refractivity contribution < 1.29 is 12.6 Å². The summed E-state index contributed by atoms with van der Waals surface area (Å²) in [6.45, 7) is 1.88. The highest BCUT2D eigenvalue weighted by Gasteiger charge is 2.21. The summed E-state index contributed by atoms with van der Waals surface area (Å²) in [6.07, 6.45) is 0. The first kappa shape index (κ1) is 14.6. The van der Waals surface area contributed by atoms with Crippen LogP contribution in [0, 0.1) is 6.92 Å². The average molecular weight is 406 g/mol. The summed E-state index contributed by atoms with van der Waals surface area (Å²) >= 11 is 6.57. The highest BCUT2D eigenvalue weighted by molar-refractivity contribution is 9.11. The standard InChI is InChI=1S/C13H10Br2O3S/c1-9-7-12(15)13(8-11(9)14)19(16,17)18-10-5-3-2-4-6-10/h2-8H,1H3. The van der Waals surface area contributed by atoms with Crippen LogP contribution in [0.2, 0.25) is 0 Å². The molecule has 2 aromatic carbocycles. The predicted octanol–water partition coefficient (Wildman–Crippen LogP) is 4.29. The van der Waals surface area contributed by atoms with Crippen LogP contribution in [0.3, 0.4) is 0 Å². The molecule has 6 heteroatoms. The van der Waals surface area contributed by atoms with E-state index in [2.05, 4.69) is 31.9 Å². The minimum absolute atomic E-state index is 0.0915. The highest BCUT2D eigenvalue weighted by Crippen LogP contribution is 2.30. The van der Waals surface area contributed by atoms with Crippen LogP contribution in [0.1, 0.15) is 5.56 Å². The zero-order valence-electron chi connectivity index (χ0n) is 9.93. The third-order valence-corrected chi connectivity index (χ3v) is 5.49. The third kappa shape index (κ3) is 3.38. The van der Waals surface area contributed by atoms with Gasteiger partial charge in [0.05, 0.1) is 0 Å². The van der Waals surface area contributed by atoms with E-state index in [1.165, 1.54) is 6.07 Å². The Kier molecular flexibility index (Phi) is 4.32. The molecule has 0 spiro atoms. The van der Waals surface area contributed by atoms with Gasteiger partial charge in [-0.3, -0.25) is 0 Å². The molecule has 0 amide bonds. The average Bonchev–Trinajstić information content (AvgIpc) is 2.34. The fraction of sp³-hybridized carbons (Fsp3) is 0.0769. The lowest BCUT2D eigenvalue weighted by molar-refractivity contribution is 0.485. The Labute approximate surface area is 129 Å². The molecule has 0 atom stereocenters. The second-order valence-electron chi connectivity index (χ2n) is 3.88. The van der Waals surface area contributed by atoms with Crippen LogP contribution in [0.4, 0.5) is 0 Å². The molecule has 0 aliphatic carbocycles. The molecule has 19 heavy (non-hydrogen) atoms. The van der Waals surface area contributed by atoms with Gasteiger partial charge in [0.15, 0.2) is 0 Å². The normalized spacial score (nSPS) is 11.3. The molecule has 0 heterocycles. The largest absolute Gasteiger partial charge is 0.379 e. The smallest absolute Gasteiger partial charge is 0.340 e. The molecule has 3 nitrogen and oxygen atoms in total. The predicted molar refractivity (Wildman–Crippen MR) is 80.8 cm³/mol. The maximum Gasteiger partial charge on any atom is 0.340 e. The van der Waals surface area contributed by atoms with E-state index in [1.54, 1.807) is 36.4 Å². The summed E-state index contributed by atoms with van der Waals surface area (Å²) in [5, 5.41) is 0. The van der Waals surface area contributed by atoms with Crippen LogP contribution in [-0.4, -0.2) is 8.42 Å². The van der Waals surface area contributed by atoms with Crippen LogP contribution >= 0.6 is 31.9 Å². The van der Waals surface area contributed by atoms with Crippen molar-refractivity contribution in [2.24, 2.45) is 0 Å². The molecule has 0 fully saturated rings. The van der Waals surface area contributed by atoms with Crippen LogP contribution < -0.4 is 4.18 Å². The van der Waals surface area contributed by atoms with Crippen molar-refractivity contribution >= 4 is 42.0 Å². The number of hydrogen-bond donors (Lipinski definition) is 0. The molecular formula is C13H10Br2O3S. The van der Waals surface area contributed by atoms with E-state index in [1.807, 2.05) is 6.92 Å². The van der Waals surface area contributed by atoms with Crippen molar-refractivity contribution in [1.29, 1.82) is 0 Å². The van der Waals surface area contributed by atoms with Gasteiger partial charge in [-0.2, -0.15) is 8.42 Å². The zero-order chi connectivity index (χ0) is 14.0. The van der Waals surface area contributed by atoms with Gasteiger partial charge in [-0.05, 0) is 52.7 Å². The van der Waals surface area contributed by atoms with Crippen molar-refractivity contribution in [3.63, 3.8) is 0 Å². The molecule has 100 valence electrons. The van der Waals surface area contributed by atoms with Gasteiger partial charge in [0.25, 0.3) is 0 Å². The lowest BCUT2D eigenvalue weighted by Crippen LogP contribution is -2.10. The quantitative estimate of drug-likeness (QED) is 0.715. The number of rotatable bonds is 3. The number of para-hydroxylation sites is 1. The van der Waals surface area contributed by atoms with E-state index in [9.17, 15) is 8.42 Å². The lowest BCUT2D eigenvalue weighted by atomic mass is 10.2. The van der Waals surface area contributed by atoms with Crippen LogP contribution in [-0.2, 0) is 10.1 Å². The minimum Gasteiger partial charge on any atom is -0.379 e. The molecule has 0 saturated carbocycles. The highest BCUT2D eigenvalue weighted by atomic mass is 79.9. The van der Waals surface area contributed by atoms with E-state index in [4.69, 9.17) is 4.18 Å². The SMILES string of the molecule is Cc1cc(Br)c(S(=O)(=O)Oc2ccccc2)cc1Br. The first-order valence-corrected chi connectivity index (χ1v) is 8.35. The molecule has 0 aliphatic heterocycles. The number of halogens is 2. The maximum atomic E-state index is 12.2. The van der Waals surface area contributed by atoms with E-state index in [0.29, 0.717) is 8.95 Å². The Morgan fingerprint density at radius 2 is 1.63 bits per heavy atom. The Hall–Kier alpha value is -0.850. The summed E-state index contributed by atoms with van der Waals surface area (Å²) in [4.78, 5) is 0.0915. The molecule has 0 bridgehead atoms. The Morgan fingerprint density at radius 3 is 2.26 bits per heavy atom. The van der Waals surface area contributed by atoms with Crippen LogP contribution in [0.15, 0.2) is 56.3 Å². The molecule has 0 aliphatic rings. The maximum absolute atomic E-state index is 12.2. The van der Waals surface area contributed by atoms with E-state index in [-0.39, 0.29) is 10.6 Å². The van der Waals surface area contributed by atoms with Crippen LogP contribution in [0.25, 0.3) is 0 Å². The third-order valence-electron chi connectivity index (χ3n) is 2.43. The van der Waals surface area contributed by atoms with Crippen LogP contribution in [0.5, 0.6) is 5.75 Å². The van der Waals surface area contributed by atoms with E-state index in [0.717, 1.165) is 5.56 Å². The molecule has 2 rings (SSSR count).